The molecule has 0 bridgehead atoms. The van der Waals surface area contributed by atoms with Crippen LogP contribution in [-0.2, 0) is 6.54 Å². The van der Waals surface area contributed by atoms with Gasteiger partial charge in [-0.05, 0) is 67.0 Å². The second kappa shape index (κ2) is 7.95. The van der Waals surface area contributed by atoms with Crippen molar-refractivity contribution in [1.82, 2.24) is 24.8 Å². The third-order valence-electron chi connectivity index (χ3n) is 6.13. The number of nitrogens with zero attached hydrogens (tertiary/aromatic N) is 4. The summed E-state index contributed by atoms with van der Waals surface area (Å²) < 4.78 is 2.49. The van der Waals surface area contributed by atoms with Crippen molar-refractivity contribution in [2.75, 3.05) is 0 Å². The van der Waals surface area contributed by atoms with Crippen LogP contribution in [0.2, 0.25) is 0 Å². The first kappa shape index (κ1) is 18.3. The molecule has 148 valence electrons. The predicted molar refractivity (Wildman–Crippen MR) is 117 cm³/mol. The number of thiocarbonyl (C=S) groups is 1. The Bertz CT molecular complexity index is 965. The Morgan fingerprint density at radius 3 is 2.59 bits per heavy atom. The highest BCUT2D eigenvalue weighted by molar-refractivity contribution is 7.80. The summed E-state index contributed by atoms with van der Waals surface area (Å²) in [4.78, 5) is 11.1. The lowest BCUT2D eigenvalue weighted by Gasteiger charge is -2.30. The molecule has 2 atom stereocenters. The normalized spacial score (nSPS) is 22.2. The average molecular weight is 404 g/mol. The molecular formula is C23H25N5S. The van der Waals surface area contributed by atoms with E-state index in [1.54, 1.807) is 0 Å². The van der Waals surface area contributed by atoms with Gasteiger partial charge in [-0.15, -0.1) is 0 Å². The van der Waals surface area contributed by atoms with E-state index >= 15 is 0 Å². The number of nitrogens with one attached hydrogen (secondary N) is 1. The summed E-state index contributed by atoms with van der Waals surface area (Å²) >= 11 is 5.81. The number of aromatic nitrogens is 3. The van der Waals surface area contributed by atoms with Gasteiger partial charge in [0.25, 0.3) is 0 Å². The molecule has 3 aromatic rings. The summed E-state index contributed by atoms with van der Waals surface area (Å²) in [5.74, 6) is 0. The molecule has 1 N–H and O–H groups in total. The van der Waals surface area contributed by atoms with Gasteiger partial charge in [0.1, 0.15) is 0 Å². The van der Waals surface area contributed by atoms with E-state index in [-0.39, 0.29) is 12.1 Å². The second-order valence-electron chi connectivity index (χ2n) is 7.89. The zero-order valence-electron chi connectivity index (χ0n) is 16.3. The molecule has 4 heterocycles. The molecule has 1 aliphatic heterocycles. The van der Waals surface area contributed by atoms with Gasteiger partial charge in [-0.25, -0.2) is 0 Å². The summed E-state index contributed by atoms with van der Waals surface area (Å²) in [7, 11) is 0. The minimum atomic E-state index is 0.0283. The first-order valence-corrected chi connectivity index (χ1v) is 10.8. The first-order valence-electron chi connectivity index (χ1n) is 10.3. The molecule has 2 aliphatic rings. The highest BCUT2D eigenvalue weighted by Crippen LogP contribution is 2.42. The summed E-state index contributed by atoms with van der Waals surface area (Å²) in [5, 5.41) is 4.34. The lowest BCUT2D eigenvalue weighted by molar-refractivity contribution is 0.290. The Morgan fingerprint density at radius 1 is 1.00 bits per heavy atom. The summed E-state index contributed by atoms with van der Waals surface area (Å²) in [5.41, 5.74) is 3.54. The van der Waals surface area contributed by atoms with Crippen molar-refractivity contribution in [3.8, 4) is 0 Å². The SMILES string of the molecule is S=C1N[C@@H](c2ccccn2)[C@H](c2cccn2C2CCCC2)N1Cc1ccncc1. The van der Waals surface area contributed by atoms with Crippen molar-refractivity contribution in [3.63, 3.8) is 0 Å². The van der Waals surface area contributed by atoms with Crippen LogP contribution in [-0.4, -0.2) is 24.5 Å². The Morgan fingerprint density at radius 2 is 1.83 bits per heavy atom. The zero-order valence-corrected chi connectivity index (χ0v) is 17.1. The molecule has 0 amide bonds. The van der Waals surface area contributed by atoms with Gasteiger partial charge in [-0.3, -0.25) is 9.97 Å². The summed E-state index contributed by atoms with van der Waals surface area (Å²) in [6.45, 7) is 0.748. The van der Waals surface area contributed by atoms with Crippen molar-refractivity contribution in [3.05, 3.63) is 84.2 Å². The second-order valence-corrected chi connectivity index (χ2v) is 8.28. The number of rotatable bonds is 5. The third-order valence-corrected chi connectivity index (χ3v) is 6.49. The van der Waals surface area contributed by atoms with Gasteiger partial charge in [0.05, 0.1) is 17.8 Å². The maximum atomic E-state index is 5.81. The monoisotopic (exact) mass is 403 g/mol. The molecule has 1 saturated heterocycles. The van der Waals surface area contributed by atoms with E-state index in [0.717, 1.165) is 17.4 Å². The molecule has 0 aromatic carbocycles. The van der Waals surface area contributed by atoms with Crippen molar-refractivity contribution >= 4 is 17.3 Å². The van der Waals surface area contributed by atoms with Gasteiger partial charge in [-0.1, -0.05) is 18.9 Å². The van der Waals surface area contributed by atoms with E-state index in [0.29, 0.717) is 6.04 Å². The fraction of sp³-hybridized carbons (Fsp3) is 0.348. The third kappa shape index (κ3) is 3.53. The van der Waals surface area contributed by atoms with Crippen LogP contribution in [0.25, 0.3) is 0 Å². The van der Waals surface area contributed by atoms with Crippen LogP contribution in [0, 0.1) is 0 Å². The maximum Gasteiger partial charge on any atom is 0.170 e. The van der Waals surface area contributed by atoms with E-state index in [9.17, 15) is 0 Å². The summed E-state index contributed by atoms with van der Waals surface area (Å²) in [6, 6.07) is 15.4. The molecule has 29 heavy (non-hydrogen) atoms. The molecule has 0 unspecified atom stereocenters. The van der Waals surface area contributed by atoms with Crippen LogP contribution >= 0.6 is 12.2 Å². The Kier molecular flexibility index (Phi) is 5.02. The molecule has 5 rings (SSSR count). The van der Waals surface area contributed by atoms with Crippen molar-refractivity contribution in [1.29, 1.82) is 0 Å². The molecular weight excluding hydrogens is 378 g/mol. The lowest BCUT2D eigenvalue weighted by Crippen LogP contribution is -2.30. The van der Waals surface area contributed by atoms with Crippen molar-refractivity contribution in [2.24, 2.45) is 0 Å². The van der Waals surface area contributed by atoms with Gasteiger partial charge in [0, 0.05) is 43.1 Å². The molecule has 1 aliphatic carbocycles. The predicted octanol–water partition coefficient (Wildman–Crippen LogP) is 4.57. The van der Waals surface area contributed by atoms with E-state index < -0.39 is 0 Å². The lowest BCUT2D eigenvalue weighted by atomic mass is 10.0. The number of hydrogen-bond acceptors (Lipinski definition) is 3. The zero-order chi connectivity index (χ0) is 19.6. The average Bonchev–Trinajstić information content (AvgIpc) is 3.50. The first-order chi connectivity index (χ1) is 14.3. The number of pyridine rings is 2. The molecule has 5 nitrogen and oxygen atoms in total. The van der Waals surface area contributed by atoms with Crippen molar-refractivity contribution in [2.45, 2.75) is 50.4 Å². The molecule has 1 saturated carbocycles. The van der Waals surface area contributed by atoms with Gasteiger partial charge in [0.15, 0.2) is 5.11 Å². The fourth-order valence-electron chi connectivity index (χ4n) is 4.76. The van der Waals surface area contributed by atoms with Crippen LogP contribution in [0.15, 0.2) is 67.3 Å². The van der Waals surface area contributed by atoms with Crippen LogP contribution in [0.3, 0.4) is 0 Å². The topological polar surface area (TPSA) is 46.0 Å². The summed E-state index contributed by atoms with van der Waals surface area (Å²) in [6.07, 6.45) is 12.9. The standard InChI is InChI=1S/C23H25N5S/c29-23-26-21(19-8-3-4-12-25-19)22(28(23)16-17-10-13-24-14-11-17)20-9-5-15-27(20)18-6-1-2-7-18/h3-5,8-15,18,21-22H,1-2,6-7,16H2,(H,26,29)/t21-,22-/m0/s1. The quantitative estimate of drug-likeness (QED) is 0.633. The molecule has 3 aromatic heterocycles. The van der Waals surface area contributed by atoms with E-state index in [1.807, 2.05) is 30.7 Å². The van der Waals surface area contributed by atoms with Gasteiger partial charge in [0.2, 0.25) is 0 Å². The Labute approximate surface area is 176 Å². The minimum Gasteiger partial charge on any atom is -0.352 e. The van der Waals surface area contributed by atoms with Crippen molar-refractivity contribution < 1.29 is 0 Å². The molecule has 6 heteroatoms. The Balaban J connectivity index is 1.56. The van der Waals surface area contributed by atoms with E-state index in [4.69, 9.17) is 12.2 Å². The molecule has 0 spiro atoms. The van der Waals surface area contributed by atoms with Crippen LogP contribution in [0.4, 0.5) is 0 Å². The van der Waals surface area contributed by atoms with Gasteiger partial charge < -0.3 is 14.8 Å². The molecule has 0 radical (unpaired) electrons. The van der Waals surface area contributed by atoms with E-state index in [2.05, 4.69) is 61.3 Å². The highest BCUT2D eigenvalue weighted by Gasteiger charge is 2.41. The highest BCUT2D eigenvalue weighted by atomic mass is 32.1. The fourth-order valence-corrected chi connectivity index (χ4v) is 5.06. The minimum absolute atomic E-state index is 0.0283. The van der Waals surface area contributed by atoms with Crippen LogP contribution in [0.1, 0.15) is 60.8 Å². The Hall–Kier alpha value is -2.73. The van der Waals surface area contributed by atoms with Gasteiger partial charge >= 0.3 is 0 Å². The van der Waals surface area contributed by atoms with Gasteiger partial charge in [-0.2, -0.15) is 0 Å². The molecule has 2 fully saturated rings. The number of hydrogen-bond donors (Lipinski definition) is 1. The van der Waals surface area contributed by atoms with Crippen LogP contribution < -0.4 is 5.32 Å². The smallest absolute Gasteiger partial charge is 0.170 e. The van der Waals surface area contributed by atoms with Crippen LogP contribution in [0.5, 0.6) is 0 Å². The largest absolute Gasteiger partial charge is 0.352 e. The maximum absolute atomic E-state index is 5.81. The van der Waals surface area contributed by atoms with E-state index in [1.165, 1.54) is 36.9 Å².